The van der Waals surface area contributed by atoms with Gasteiger partial charge in [0.15, 0.2) is 0 Å². The van der Waals surface area contributed by atoms with Crippen LogP contribution in [0.4, 0.5) is 5.69 Å². The smallest absolute Gasteiger partial charge is 0.143 e. The van der Waals surface area contributed by atoms with Gasteiger partial charge in [-0.3, -0.25) is 15.0 Å². The van der Waals surface area contributed by atoms with Gasteiger partial charge in [0.2, 0.25) is 0 Å². The molecule has 0 bridgehead atoms. The summed E-state index contributed by atoms with van der Waals surface area (Å²) in [4.78, 5) is 8.35. The Kier molecular flexibility index (Phi) is 8.91. The molecule has 0 aromatic carbocycles. The number of allylic oxidation sites excluding steroid dienone is 1. The molecule has 0 radical (unpaired) electrons. The standard InChI is InChI=1S/C17H27N7O/c1-6-17(25)22-14(3)7-13(2)8-18-11-19-12-20-15(4)23-16-9-21-24(5)10-16/h6-7,9-10,12,17-18,22,25H,1-2,8,11H2,3-5H3,(H,19,20,23)/b14-7+. The van der Waals surface area contributed by atoms with E-state index < -0.39 is 6.23 Å². The molecule has 0 aliphatic rings. The zero-order valence-electron chi connectivity index (χ0n) is 15.0. The summed E-state index contributed by atoms with van der Waals surface area (Å²) in [7, 11) is 1.85. The van der Waals surface area contributed by atoms with Crippen molar-refractivity contribution in [3.8, 4) is 0 Å². The average Bonchev–Trinajstić information content (AvgIpc) is 2.95. The van der Waals surface area contributed by atoms with Crippen LogP contribution < -0.4 is 16.0 Å². The van der Waals surface area contributed by atoms with Crippen LogP contribution >= 0.6 is 0 Å². The number of rotatable bonds is 10. The molecule has 0 spiro atoms. The molecule has 0 saturated carbocycles. The summed E-state index contributed by atoms with van der Waals surface area (Å²) in [6.07, 6.45) is 7.59. The monoisotopic (exact) mass is 345 g/mol. The van der Waals surface area contributed by atoms with Crippen molar-refractivity contribution in [2.24, 2.45) is 17.0 Å². The number of anilines is 1. The first-order valence-electron chi connectivity index (χ1n) is 7.83. The van der Waals surface area contributed by atoms with Crippen molar-refractivity contribution in [3.05, 3.63) is 49.0 Å². The Morgan fingerprint density at radius 1 is 1.48 bits per heavy atom. The Bertz CT molecular complexity index is 658. The van der Waals surface area contributed by atoms with Gasteiger partial charge in [-0.05, 0) is 31.6 Å². The predicted molar refractivity (Wildman–Crippen MR) is 104 cm³/mol. The van der Waals surface area contributed by atoms with Gasteiger partial charge in [-0.15, -0.1) is 0 Å². The van der Waals surface area contributed by atoms with Gasteiger partial charge in [0, 0.05) is 25.5 Å². The van der Waals surface area contributed by atoms with Crippen molar-refractivity contribution in [1.82, 2.24) is 20.4 Å². The molecule has 1 rings (SSSR count). The number of nitrogens with one attached hydrogen (secondary N) is 3. The first kappa shape index (κ1) is 20.3. The highest BCUT2D eigenvalue weighted by molar-refractivity contribution is 5.97. The molecule has 0 saturated heterocycles. The lowest BCUT2D eigenvalue weighted by Crippen LogP contribution is -2.25. The van der Waals surface area contributed by atoms with Crippen LogP contribution in [0.25, 0.3) is 0 Å². The number of nitrogens with zero attached hydrogens (tertiary/aromatic N) is 4. The highest BCUT2D eigenvalue weighted by atomic mass is 16.3. The Morgan fingerprint density at radius 3 is 2.88 bits per heavy atom. The summed E-state index contributed by atoms with van der Waals surface area (Å²) in [6.45, 7) is 12.2. The van der Waals surface area contributed by atoms with E-state index in [1.165, 1.54) is 12.4 Å². The van der Waals surface area contributed by atoms with Crippen molar-refractivity contribution >= 4 is 17.9 Å². The molecule has 4 N–H and O–H groups in total. The van der Waals surface area contributed by atoms with Gasteiger partial charge in [0.25, 0.3) is 0 Å². The Balaban J connectivity index is 2.26. The van der Waals surface area contributed by atoms with E-state index in [9.17, 15) is 5.11 Å². The fourth-order valence-electron chi connectivity index (χ4n) is 1.87. The zero-order chi connectivity index (χ0) is 18.7. The van der Waals surface area contributed by atoms with Crippen LogP contribution in [0.3, 0.4) is 0 Å². The number of hydrogen-bond donors (Lipinski definition) is 4. The third-order valence-electron chi connectivity index (χ3n) is 2.94. The first-order valence-corrected chi connectivity index (χ1v) is 7.83. The van der Waals surface area contributed by atoms with Crippen molar-refractivity contribution in [3.63, 3.8) is 0 Å². The van der Waals surface area contributed by atoms with E-state index in [0.717, 1.165) is 22.8 Å². The summed E-state index contributed by atoms with van der Waals surface area (Å²) >= 11 is 0. The largest absolute Gasteiger partial charge is 0.370 e. The lowest BCUT2D eigenvalue weighted by molar-refractivity contribution is 0.198. The average molecular weight is 345 g/mol. The van der Waals surface area contributed by atoms with Gasteiger partial charge < -0.3 is 15.7 Å². The minimum atomic E-state index is -0.761. The van der Waals surface area contributed by atoms with Crippen molar-refractivity contribution in [2.45, 2.75) is 20.1 Å². The van der Waals surface area contributed by atoms with Crippen LogP contribution in [0.15, 0.2) is 59.0 Å². The molecule has 0 fully saturated rings. The second-order valence-corrected chi connectivity index (χ2v) is 5.44. The molecule has 136 valence electrons. The molecule has 1 aromatic heterocycles. The molecule has 8 nitrogen and oxygen atoms in total. The summed E-state index contributed by atoms with van der Waals surface area (Å²) in [6, 6.07) is 0. The number of hydrogen-bond acceptors (Lipinski definition) is 5. The lowest BCUT2D eigenvalue weighted by Gasteiger charge is -2.10. The van der Waals surface area contributed by atoms with Crippen LogP contribution in [-0.2, 0) is 7.05 Å². The molecule has 1 aromatic rings. The van der Waals surface area contributed by atoms with Crippen LogP contribution in [0.1, 0.15) is 13.8 Å². The van der Waals surface area contributed by atoms with Gasteiger partial charge >= 0.3 is 0 Å². The quantitative estimate of drug-likeness (QED) is 0.128. The minimum Gasteiger partial charge on any atom is -0.370 e. The Labute approximate surface area is 148 Å². The van der Waals surface area contributed by atoms with E-state index in [-0.39, 0.29) is 0 Å². The molecule has 0 aliphatic heterocycles. The molecule has 1 atom stereocenters. The summed E-state index contributed by atoms with van der Waals surface area (Å²) < 4.78 is 1.71. The lowest BCUT2D eigenvalue weighted by atomic mass is 10.2. The van der Waals surface area contributed by atoms with Crippen LogP contribution in [0.5, 0.6) is 0 Å². The van der Waals surface area contributed by atoms with Gasteiger partial charge in [0.1, 0.15) is 18.4 Å². The maximum absolute atomic E-state index is 9.40. The molecule has 0 aliphatic carbocycles. The molecule has 1 heterocycles. The van der Waals surface area contributed by atoms with E-state index >= 15 is 0 Å². The van der Waals surface area contributed by atoms with E-state index in [1.807, 2.05) is 33.2 Å². The molecule has 25 heavy (non-hydrogen) atoms. The second kappa shape index (κ2) is 11.0. The maximum atomic E-state index is 9.40. The predicted octanol–water partition coefficient (Wildman–Crippen LogP) is 1.38. The number of aryl methyl sites for hydroxylation is 1. The maximum Gasteiger partial charge on any atom is 0.143 e. The number of amidine groups is 1. The fourth-order valence-corrected chi connectivity index (χ4v) is 1.87. The third-order valence-corrected chi connectivity index (χ3v) is 2.94. The topological polar surface area (TPSA) is 98.9 Å². The first-order chi connectivity index (χ1) is 11.9. The highest BCUT2D eigenvalue weighted by Crippen LogP contribution is 2.02. The van der Waals surface area contributed by atoms with E-state index in [0.29, 0.717) is 13.2 Å². The molecular formula is C17H27N7O. The van der Waals surface area contributed by atoms with Crippen molar-refractivity contribution in [1.29, 1.82) is 0 Å². The summed E-state index contributed by atoms with van der Waals surface area (Å²) in [5.41, 5.74) is 2.56. The number of aliphatic hydroxyl groups excluding tert-OH is 1. The van der Waals surface area contributed by atoms with E-state index in [1.54, 1.807) is 10.9 Å². The second-order valence-electron chi connectivity index (χ2n) is 5.44. The van der Waals surface area contributed by atoms with E-state index in [4.69, 9.17) is 0 Å². The Morgan fingerprint density at radius 2 is 2.24 bits per heavy atom. The van der Waals surface area contributed by atoms with Crippen LogP contribution in [0.2, 0.25) is 0 Å². The molecular weight excluding hydrogens is 318 g/mol. The summed E-state index contributed by atoms with van der Waals surface area (Å²) in [5, 5.41) is 22.6. The summed E-state index contributed by atoms with van der Waals surface area (Å²) in [5.74, 6) is 0.728. The number of aliphatic imine (C=N–C) groups is 2. The zero-order valence-corrected chi connectivity index (χ0v) is 15.0. The van der Waals surface area contributed by atoms with E-state index in [2.05, 4.69) is 44.2 Å². The van der Waals surface area contributed by atoms with Gasteiger partial charge in [0.05, 0.1) is 18.6 Å². The minimum absolute atomic E-state index is 0.429. The molecule has 8 heteroatoms. The highest BCUT2D eigenvalue weighted by Gasteiger charge is 1.97. The SMILES string of the molecule is C=CC(O)N/C(C)=C/C(=C)CNC/N=C\N=C(/C)Nc1cnn(C)c1. The van der Waals surface area contributed by atoms with Gasteiger partial charge in [-0.2, -0.15) is 5.10 Å². The number of aromatic nitrogens is 2. The Hall–Kier alpha value is -2.71. The normalized spacial score (nSPS) is 13.8. The van der Waals surface area contributed by atoms with Gasteiger partial charge in [-0.25, -0.2) is 4.99 Å². The molecule has 1 unspecified atom stereocenters. The fraction of sp³-hybridized carbons (Fsp3) is 0.353. The van der Waals surface area contributed by atoms with Crippen molar-refractivity contribution in [2.75, 3.05) is 18.5 Å². The van der Waals surface area contributed by atoms with Crippen molar-refractivity contribution < 1.29 is 5.11 Å². The number of aliphatic hydroxyl groups is 1. The molecule has 0 amide bonds. The van der Waals surface area contributed by atoms with Crippen LogP contribution in [-0.4, -0.2) is 46.5 Å². The third kappa shape index (κ3) is 9.23. The van der Waals surface area contributed by atoms with Crippen LogP contribution in [0, 0.1) is 0 Å². The van der Waals surface area contributed by atoms with Gasteiger partial charge in [-0.1, -0.05) is 13.2 Å².